The molecule has 3 heteroatoms. The molecule has 1 unspecified atom stereocenters. The number of nitrogen functional groups attached to an aromatic ring is 1. The summed E-state index contributed by atoms with van der Waals surface area (Å²) in [5, 5.41) is 0. The zero-order valence-corrected chi connectivity index (χ0v) is 13.7. The zero-order chi connectivity index (χ0) is 15.4. The summed E-state index contributed by atoms with van der Waals surface area (Å²) in [7, 11) is 2.14. The van der Waals surface area contributed by atoms with Gasteiger partial charge in [-0.1, -0.05) is 19.8 Å². The maximum atomic E-state index is 6.14. The van der Waals surface area contributed by atoms with Gasteiger partial charge < -0.3 is 15.4 Å². The molecule has 2 N–H and O–H groups in total. The van der Waals surface area contributed by atoms with E-state index in [0.29, 0.717) is 6.04 Å². The summed E-state index contributed by atoms with van der Waals surface area (Å²) < 4.78 is 6.14. The summed E-state index contributed by atoms with van der Waals surface area (Å²) in [6.07, 6.45) is 7.22. The van der Waals surface area contributed by atoms with Gasteiger partial charge in [-0.2, -0.15) is 0 Å². The van der Waals surface area contributed by atoms with Crippen molar-refractivity contribution >= 4 is 11.4 Å². The lowest BCUT2D eigenvalue weighted by atomic mass is 10.0. The van der Waals surface area contributed by atoms with E-state index >= 15 is 0 Å². The van der Waals surface area contributed by atoms with Gasteiger partial charge in [0, 0.05) is 30.0 Å². The molecule has 0 aromatic heterocycles. The smallest absolute Gasteiger partial charge is 0.129 e. The quantitative estimate of drug-likeness (QED) is 0.627. The second kappa shape index (κ2) is 6.88. The van der Waals surface area contributed by atoms with Gasteiger partial charge in [0.25, 0.3) is 0 Å². The molecule has 0 spiro atoms. The number of anilines is 1. The van der Waals surface area contributed by atoms with E-state index in [2.05, 4.69) is 38.8 Å². The first-order valence-corrected chi connectivity index (χ1v) is 8.04. The van der Waals surface area contributed by atoms with Gasteiger partial charge in [-0.3, -0.25) is 0 Å². The molecule has 116 valence electrons. The number of fused-ring (bicyclic) bond motifs is 1. The van der Waals surface area contributed by atoms with Gasteiger partial charge in [0.2, 0.25) is 0 Å². The Hall–Kier alpha value is -1.64. The molecule has 3 nitrogen and oxygen atoms in total. The largest absolute Gasteiger partial charge is 0.486 e. The maximum absolute atomic E-state index is 6.14. The fraction of sp³-hybridized carbons (Fsp3) is 0.556. The van der Waals surface area contributed by atoms with E-state index in [4.69, 9.17) is 10.5 Å². The summed E-state index contributed by atoms with van der Waals surface area (Å²) in [5.74, 6) is 0.954. The lowest BCUT2D eigenvalue weighted by Crippen LogP contribution is -2.29. The third-order valence-corrected chi connectivity index (χ3v) is 4.15. The first-order valence-electron chi connectivity index (χ1n) is 8.04. The van der Waals surface area contributed by atoms with E-state index in [-0.39, 0.29) is 6.10 Å². The molecule has 0 saturated heterocycles. The molecule has 2 rings (SSSR count). The molecule has 1 aromatic carbocycles. The van der Waals surface area contributed by atoms with Gasteiger partial charge >= 0.3 is 0 Å². The summed E-state index contributed by atoms with van der Waals surface area (Å²) in [6, 6.07) is 6.38. The fourth-order valence-corrected chi connectivity index (χ4v) is 2.64. The number of hydrogen-bond donors (Lipinski definition) is 1. The molecule has 1 aliphatic rings. The molecule has 1 heterocycles. The highest BCUT2D eigenvalue weighted by Gasteiger charge is 2.23. The van der Waals surface area contributed by atoms with Gasteiger partial charge in [0.1, 0.15) is 11.9 Å². The Morgan fingerprint density at radius 1 is 1.29 bits per heavy atom. The summed E-state index contributed by atoms with van der Waals surface area (Å²) in [5.41, 5.74) is 9.08. The summed E-state index contributed by atoms with van der Waals surface area (Å²) in [6.45, 7) is 6.64. The number of hydrogen-bond acceptors (Lipinski definition) is 3. The van der Waals surface area contributed by atoms with Crippen LogP contribution in [0.3, 0.4) is 0 Å². The standard InChI is InChI=1S/C18H28N2O/c1-5-6-7-8-15-12-17(20(4)13(2)3)16-11-14(19)9-10-18(16)21-15/h9-13,15H,5-8,19H2,1-4H3. The molecule has 0 saturated carbocycles. The zero-order valence-electron chi connectivity index (χ0n) is 13.7. The Bertz CT molecular complexity index is 508. The Morgan fingerprint density at radius 2 is 2.05 bits per heavy atom. The van der Waals surface area contributed by atoms with Crippen molar-refractivity contribution in [2.45, 2.75) is 58.6 Å². The highest BCUT2D eigenvalue weighted by atomic mass is 16.5. The van der Waals surface area contributed by atoms with Crippen molar-refractivity contribution in [3.05, 3.63) is 29.8 Å². The Kier molecular flexibility index (Phi) is 5.16. The van der Waals surface area contributed by atoms with E-state index in [1.165, 1.54) is 25.0 Å². The van der Waals surface area contributed by atoms with E-state index in [9.17, 15) is 0 Å². The van der Waals surface area contributed by atoms with Crippen molar-refractivity contribution in [3.8, 4) is 5.75 Å². The van der Waals surface area contributed by atoms with Gasteiger partial charge in [-0.05, 0) is 51.0 Å². The Morgan fingerprint density at radius 3 is 2.71 bits per heavy atom. The molecule has 21 heavy (non-hydrogen) atoms. The van der Waals surface area contributed by atoms with E-state index < -0.39 is 0 Å². The van der Waals surface area contributed by atoms with Crippen LogP contribution < -0.4 is 10.5 Å². The van der Waals surface area contributed by atoms with Crippen molar-refractivity contribution in [3.63, 3.8) is 0 Å². The molecule has 0 radical (unpaired) electrons. The van der Waals surface area contributed by atoms with Crippen LogP contribution in [0, 0.1) is 0 Å². The molecule has 0 bridgehead atoms. The predicted molar refractivity (Wildman–Crippen MR) is 90.3 cm³/mol. The third-order valence-electron chi connectivity index (χ3n) is 4.15. The van der Waals surface area contributed by atoms with E-state index in [1.54, 1.807) is 0 Å². The molecular weight excluding hydrogens is 260 g/mol. The van der Waals surface area contributed by atoms with Crippen molar-refractivity contribution in [1.29, 1.82) is 0 Å². The highest BCUT2D eigenvalue weighted by molar-refractivity contribution is 5.74. The first-order chi connectivity index (χ1) is 10.0. The van der Waals surface area contributed by atoms with Crippen LogP contribution in [0.1, 0.15) is 52.0 Å². The molecule has 0 aliphatic carbocycles. The maximum Gasteiger partial charge on any atom is 0.129 e. The predicted octanol–water partition coefficient (Wildman–Crippen LogP) is 4.29. The molecular formula is C18H28N2O. The highest BCUT2D eigenvalue weighted by Crippen LogP contribution is 2.36. The van der Waals surface area contributed by atoms with Crippen LogP contribution in [-0.4, -0.2) is 24.1 Å². The first kappa shape index (κ1) is 15.7. The average Bonchev–Trinajstić information content (AvgIpc) is 2.46. The van der Waals surface area contributed by atoms with Gasteiger partial charge in [-0.15, -0.1) is 0 Å². The van der Waals surface area contributed by atoms with Crippen LogP contribution in [-0.2, 0) is 0 Å². The van der Waals surface area contributed by atoms with Crippen LogP contribution in [0.25, 0.3) is 5.70 Å². The molecule has 1 atom stereocenters. The van der Waals surface area contributed by atoms with Crippen molar-refractivity contribution in [2.75, 3.05) is 12.8 Å². The normalized spacial score (nSPS) is 17.2. The van der Waals surface area contributed by atoms with Crippen LogP contribution in [0.2, 0.25) is 0 Å². The van der Waals surface area contributed by atoms with Gasteiger partial charge in [0.05, 0.1) is 0 Å². The number of unbranched alkanes of at least 4 members (excludes halogenated alkanes) is 2. The summed E-state index contributed by atoms with van der Waals surface area (Å²) >= 11 is 0. The minimum Gasteiger partial charge on any atom is -0.486 e. The van der Waals surface area contributed by atoms with Crippen LogP contribution in [0.15, 0.2) is 24.3 Å². The van der Waals surface area contributed by atoms with E-state index in [0.717, 1.165) is 23.4 Å². The number of benzene rings is 1. The van der Waals surface area contributed by atoms with Crippen molar-refractivity contribution < 1.29 is 4.74 Å². The van der Waals surface area contributed by atoms with E-state index in [1.807, 2.05) is 18.2 Å². The minimum atomic E-state index is 0.170. The van der Waals surface area contributed by atoms with Gasteiger partial charge in [-0.25, -0.2) is 0 Å². The Balaban J connectivity index is 2.28. The SMILES string of the molecule is CCCCCC1C=C(N(C)C(C)C)c2cc(N)ccc2O1. The second-order valence-corrected chi connectivity index (χ2v) is 6.16. The molecule has 1 aromatic rings. The number of nitrogens with two attached hydrogens (primary N) is 1. The lowest BCUT2D eigenvalue weighted by molar-refractivity contribution is 0.224. The fourth-order valence-electron chi connectivity index (χ4n) is 2.64. The van der Waals surface area contributed by atoms with Crippen LogP contribution in [0.4, 0.5) is 5.69 Å². The number of ether oxygens (including phenoxy) is 1. The number of rotatable bonds is 6. The van der Waals surface area contributed by atoms with Crippen molar-refractivity contribution in [2.24, 2.45) is 0 Å². The lowest BCUT2D eigenvalue weighted by Gasteiger charge is -2.33. The molecule has 0 fully saturated rings. The van der Waals surface area contributed by atoms with Gasteiger partial charge in [0.15, 0.2) is 0 Å². The average molecular weight is 288 g/mol. The minimum absolute atomic E-state index is 0.170. The van der Waals surface area contributed by atoms with Crippen molar-refractivity contribution in [1.82, 2.24) is 4.90 Å². The van der Waals surface area contributed by atoms with Crippen LogP contribution >= 0.6 is 0 Å². The monoisotopic (exact) mass is 288 g/mol. The topological polar surface area (TPSA) is 38.5 Å². The van der Waals surface area contributed by atoms with Crippen LogP contribution in [0.5, 0.6) is 5.75 Å². The Labute approximate surface area is 128 Å². The second-order valence-electron chi connectivity index (χ2n) is 6.16. The summed E-state index contributed by atoms with van der Waals surface area (Å²) in [4.78, 5) is 2.30. The number of nitrogens with zero attached hydrogens (tertiary/aromatic N) is 1. The molecule has 0 amide bonds. The molecule has 1 aliphatic heterocycles. The third kappa shape index (κ3) is 3.72.